The lowest BCUT2D eigenvalue weighted by molar-refractivity contribution is -0.130. The number of nitrogens with one attached hydrogen (secondary N) is 1. The quantitative estimate of drug-likeness (QED) is 0.657. The molecular formula is C24H27N3O4. The van der Waals surface area contributed by atoms with E-state index < -0.39 is 6.10 Å². The Balaban J connectivity index is 1.39. The number of hydrogen-bond donors (Lipinski definition) is 1. The van der Waals surface area contributed by atoms with Crippen molar-refractivity contribution in [3.63, 3.8) is 0 Å². The van der Waals surface area contributed by atoms with E-state index >= 15 is 0 Å². The van der Waals surface area contributed by atoms with Crippen LogP contribution in [-0.4, -0.2) is 54.0 Å². The smallest absolute Gasteiger partial charge is 0.253 e. The Kier molecular flexibility index (Phi) is 6.04. The number of amides is 2. The monoisotopic (exact) mass is 421 g/mol. The Bertz CT molecular complexity index is 1040. The molecule has 0 radical (unpaired) electrons. The van der Waals surface area contributed by atoms with Gasteiger partial charge in [-0.25, -0.2) is 4.98 Å². The zero-order chi connectivity index (χ0) is 22.0. The molecule has 1 heterocycles. The van der Waals surface area contributed by atoms with Crippen LogP contribution in [-0.2, 0) is 9.53 Å². The SMILES string of the molecule is COC(C)C(=O)NC1CCC(N(C)C(=O)c2ccc(-c3nc4ccccc4o3)cc2)C1. The second-order valence-electron chi connectivity index (χ2n) is 8.03. The van der Waals surface area contributed by atoms with Crippen molar-refractivity contribution in [2.45, 2.75) is 44.4 Å². The van der Waals surface area contributed by atoms with E-state index in [1.807, 2.05) is 43.4 Å². The number of carbonyl (C=O) groups excluding carboxylic acids is 2. The molecule has 31 heavy (non-hydrogen) atoms. The van der Waals surface area contributed by atoms with Gasteiger partial charge in [-0.15, -0.1) is 0 Å². The summed E-state index contributed by atoms with van der Waals surface area (Å²) in [5, 5.41) is 3.01. The average Bonchev–Trinajstić information content (AvgIpc) is 3.44. The first kappa shape index (κ1) is 21.1. The summed E-state index contributed by atoms with van der Waals surface area (Å²) < 4.78 is 10.9. The lowest BCUT2D eigenvalue weighted by Crippen LogP contribution is -2.41. The molecule has 0 aliphatic heterocycles. The molecule has 4 rings (SSSR count). The average molecular weight is 421 g/mol. The topological polar surface area (TPSA) is 84.7 Å². The molecule has 1 fully saturated rings. The Morgan fingerprint density at radius 2 is 1.90 bits per heavy atom. The second kappa shape index (κ2) is 8.89. The highest BCUT2D eigenvalue weighted by atomic mass is 16.5. The number of fused-ring (bicyclic) bond motifs is 1. The van der Waals surface area contributed by atoms with Crippen molar-refractivity contribution >= 4 is 22.9 Å². The van der Waals surface area contributed by atoms with E-state index in [0.29, 0.717) is 11.5 Å². The Morgan fingerprint density at radius 1 is 1.16 bits per heavy atom. The second-order valence-corrected chi connectivity index (χ2v) is 8.03. The highest BCUT2D eigenvalue weighted by Gasteiger charge is 2.31. The van der Waals surface area contributed by atoms with Crippen molar-refractivity contribution in [1.82, 2.24) is 15.2 Å². The van der Waals surface area contributed by atoms with Crippen molar-refractivity contribution in [3.05, 3.63) is 54.1 Å². The van der Waals surface area contributed by atoms with Crippen molar-refractivity contribution in [1.29, 1.82) is 0 Å². The molecule has 0 spiro atoms. The lowest BCUT2D eigenvalue weighted by atomic mass is 10.1. The molecule has 1 saturated carbocycles. The summed E-state index contributed by atoms with van der Waals surface area (Å²) in [4.78, 5) is 31.3. The summed E-state index contributed by atoms with van der Waals surface area (Å²) in [6.45, 7) is 1.72. The number of hydrogen-bond acceptors (Lipinski definition) is 5. The fourth-order valence-corrected chi connectivity index (χ4v) is 3.99. The van der Waals surface area contributed by atoms with Crippen LogP contribution in [0.5, 0.6) is 0 Å². The predicted molar refractivity (Wildman–Crippen MR) is 118 cm³/mol. The molecule has 2 aromatic carbocycles. The highest BCUT2D eigenvalue weighted by molar-refractivity contribution is 5.94. The molecule has 7 nitrogen and oxygen atoms in total. The van der Waals surface area contributed by atoms with Crippen LogP contribution in [0, 0.1) is 0 Å². The third-order valence-corrected chi connectivity index (χ3v) is 6.01. The zero-order valence-corrected chi connectivity index (χ0v) is 18.0. The third-order valence-electron chi connectivity index (χ3n) is 6.01. The predicted octanol–water partition coefficient (Wildman–Crippen LogP) is 3.64. The third kappa shape index (κ3) is 4.46. The molecule has 0 bridgehead atoms. The summed E-state index contributed by atoms with van der Waals surface area (Å²) in [5.41, 5.74) is 2.98. The van der Waals surface area contributed by atoms with Gasteiger partial charge in [-0.3, -0.25) is 9.59 Å². The number of aromatic nitrogens is 1. The van der Waals surface area contributed by atoms with Gasteiger partial charge in [0.15, 0.2) is 5.58 Å². The summed E-state index contributed by atoms with van der Waals surface area (Å²) in [6.07, 6.45) is 1.97. The Morgan fingerprint density at radius 3 is 2.61 bits per heavy atom. The van der Waals surface area contributed by atoms with E-state index in [0.717, 1.165) is 35.9 Å². The van der Waals surface area contributed by atoms with E-state index in [9.17, 15) is 9.59 Å². The van der Waals surface area contributed by atoms with Crippen LogP contribution in [0.15, 0.2) is 52.9 Å². The molecule has 0 saturated heterocycles. The van der Waals surface area contributed by atoms with Gasteiger partial charge in [-0.2, -0.15) is 0 Å². The number of rotatable bonds is 6. The number of ether oxygens (including phenoxy) is 1. The first-order chi connectivity index (χ1) is 15.0. The van der Waals surface area contributed by atoms with Gasteiger partial charge < -0.3 is 19.4 Å². The molecule has 7 heteroatoms. The Hall–Kier alpha value is -3.19. The normalized spacial score (nSPS) is 19.3. The van der Waals surface area contributed by atoms with Gasteiger partial charge in [-0.1, -0.05) is 12.1 Å². The standard InChI is InChI=1S/C24H27N3O4/c1-15(30-3)22(28)25-18-12-13-19(14-18)27(2)24(29)17-10-8-16(9-11-17)23-26-20-6-4-5-7-21(20)31-23/h4-11,15,18-19H,12-14H2,1-3H3,(H,25,28). The van der Waals surface area contributed by atoms with Crippen LogP contribution in [0.3, 0.4) is 0 Å². The van der Waals surface area contributed by atoms with E-state index in [-0.39, 0.29) is 23.9 Å². The van der Waals surface area contributed by atoms with Crippen LogP contribution >= 0.6 is 0 Å². The van der Waals surface area contributed by atoms with Gasteiger partial charge in [-0.05, 0) is 62.6 Å². The van der Waals surface area contributed by atoms with E-state index in [1.54, 1.807) is 24.0 Å². The maximum Gasteiger partial charge on any atom is 0.253 e. The van der Waals surface area contributed by atoms with Gasteiger partial charge in [0, 0.05) is 37.4 Å². The first-order valence-electron chi connectivity index (χ1n) is 10.5. The minimum Gasteiger partial charge on any atom is -0.436 e. The van der Waals surface area contributed by atoms with E-state index in [2.05, 4.69) is 10.3 Å². The molecule has 1 aliphatic rings. The van der Waals surface area contributed by atoms with Crippen molar-refractivity contribution in [2.24, 2.45) is 0 Å². The number of nitrogens with zero attached hydrogens (tertiary/aromatic N) is 2. The minimum atomic E-state index is -0.474. The molecule has 3 aromatic rings. The molecule has 3 atom stereocenters. The number of carbonyl (C=O) groups is 2. The van der Waals surface area contributed by atoms with Crippen LogP contribution in [0.25, 0.3) is 22.6 Å². The van der Waals surface area contributed by atoms with E-state index in [4.69, 9.17) is 9.15 Å². The molecule has 2 amide bonds. The fraction of sp³-hybridized carbons (Fsp3) is 0.375. The van der Waals surface area contributed by atoms with Gasteiger partial charge in [0.1, 0.15) is 11.6 Å². The van der Waals surface area contributed by atoms with Gasteiger partial charge >= 0.3 is 0 Å². The van der Waals surface area contributed by atoms with Gasteiger partial charge in [0.2, 0.25) is 11.8 Å². The van der Waals surface area contributed by atoms with Crippen LogP contribution in [0.4, 0.5) is 0 Å². The maximum atomic E-state index is 13.0. The summed E-state index contributed by atoms with van der Waals surface area (Å²) >= 11 is 0. The number of benzene rings is 2. The molecule has 3 unspecified atom stereocenters. The Labute approximate surface area is 181 Å². The van der Waals surface area contributed by atoms with Crippen LogP contribution in [0.2, 0.25) is 0 Å². The summed E-state index contributed by atoms with van der Waals surface area (Å²) in [6, 6.07) is 15.1. The number of methoxy groups -OCH3 is 1. The molecule has 1 N–H and O–H groups in total. The lowest BCUT2D eigenvalue weighted by Gasteiger charge is -2.25. The van der Waals surface area contributed by atoms with Crippen LogP contribution < -0.4 is 5.32 Å². The minimum absolute atomic E-state index is 0.0358. The first-order valence-corrected chi connectivity index (χ1v) is 10.5. The summed E-state index contributed by atoms with van der Waals surface area (Å²) in [7, 11) is 3.34. The van der Waals surface area contributed by atoms with Crippen LogP contribution in [0.1, 0.15) is 36.5 Å². The highest BCUT2D eigenvalue weighted by Crippen LogP contribution is 2.27. The van der Waals surface area contributed by atoms with Crippen molar-refractivity contribution in [3.8, 4) is 11.5 Å². The summed E-state index contributed by atoms with van der Waals surface area (Å²) in [5.74, 6) is 0.386. The maximum absolute atomic E-state index is 13.0. The zero-order valence-electron chi connectivity index (χ0n) is 18.0. The van der Waals surface area contributed by atoms with E-state index in [1.165, 1.54) is 7.11 Å². The fourth-order valence-electron chi connectivity index (χ4n) is 3.99. The molecule has 1 aromatic heterocycles. The van der Waals surface area contributed by atoms with Crippen molar-refractivity contribution in [2.75, 3.05) is 14.2 Å². The molecular weight excluding hydrogens is 394 g/mol. The largest absolute Gasteiger partial charge is 0.436 e. The van der Waals surface area contributed by atoms with Gasteiger partial charge in [0.25, 0.3) is 5.91 Å². The number of oxazole rings is 1. The molecule has 162 valence electrons. The van der Waals surface area contributed by atoms with Crippen molar-refractivity contribution < 1.29 is 18.7 Å². The van der Waals surface area contributed by atoms with Gasteiger partial charge in [0.05, 0.1) is 0 Å². The number of para-hydroxylation sites is 2. The molecule has 1 aliphatic carbocycles.